The molecule has 20 heavy (non-hydrogen) atoms. The normalized spacial score (nSPS) is 28.9. The van der Waals surface area contributed by atoms with Crippen LogP contribution in [0.2, 0.25) is 0 Å². The maximum atomic E-state index is 11.0. The standard InChI is InChI=1S/C14H19N3O2.ClH/c15-13-6-5-10-7-16(9-12(10)13)8-11-3-1-2-4-14(11)17(18)19;/h1-4,10,12-13H,5-9,15H2;1H. The van der Waals surface area contributed by atoms with Crippen molar-refractivity contribution in [2.45, 2.75) is 25.4 Å². The van der Waals surface area contributed by atoms with Gasteiger partial charge in [0.15, 0.2) is 0 Å². The second kappa shape index (κ2) is 6.08. The van der Waals surface area contributed by atoms with Crippen LogP contribution in [0.5, 0.6) is 0 Å². The first-order valence-electron chi connectivity index (χ1n) is 6.85. The molecule has 0 amide bonds. The molecule has 1 aromatic rings. The van der Waals surface area contributed by atoms with E-state index in [1.807, 2.05) is 12.1 Å². The van der Waals surface area contributed by atoms with Crippen LogP contribution in [-0.2, 0) is 6.54 Å². The van der Waals surface area contributed by atoms with Gasteiger partial charge in [0, 0.05) is 37.3 Å². The van der Waals surface area contributed by atoms with Crippen LogP contribution in [0.4, 0.5) is 5.69 Å². The largest absolute Gasteiger partial charge is 0.327 e. The zero-order chi connectivity index (χ0) is 13.4. The summed E-state index contributed by atoms with van der Waals surface area (Å²) in [6.07, 6.45) is 2.34. The summed E-state index contributed by atoms with van der Waals surface area (Å²) in [7, 11) is 0. The van der Waals surface area contributed by atoms with Gasteiger partial charge in [-0.1, -0.05) is 18.2 Å². The van der Waals surface area contributed by atoms with Gasteiger partial charge in [-0.25, -0.2) is 0 Å². The number of nitro groups is 1. The zero-order valence-electron chi connectivity index (χ0n) is 11.3. The highest BCUT2D eigenvalue weighted by Crippen LogP contribution is 2.38. The van der Waals surface area contributed by atoms with Gasteiger partial charge >= 0.3 is 0 Å². The summed E-state index contributed by atoms with van der Waals surface area (Å²) in [6.45, 7) is 2.68. The lowest BCUT2D eigenvalue weighted by molar-refractivity contribution is -0.385. The average molecular weight is 298 g/mol. The molecule has 1 saturated carbocycles. The number of hydrogen-bond donors (Lipinski definition) is 1. The molecular formula is C14H20ClN3O2. The smallest absolute Gasteiger partial charge is 0.273 e. The number of halogens is 1. The van der Waals surface area contributed by atoms with E-state index in [1.54, 1.807) is 12.1 Å². The molecule has 1 aliphatic heterocycles. The van der Waals surface area contributed by atoms with Crippen molar-refractivity contribution < 1.29 is 4.92 Å². The Morgan fingerprint density at radius 1 is 1.30 bits per heavy atom. The van der Waals surface area contributed by atoms with Gasteiger partial charge in [0.05, 0.1) is 4.92 Å². The van der Waals surface area contributed by atoms with Crippen LogP contribution in [-0.4, -0.2) is 29.0 Å². The van der Waals surface area contributed by atoms with Gasteiger partial charge in [-0.05, 0) is 24.7 Å². The summed E-state index contributed by atoms with van der Waals surface area (Å²) in [5, 5.41) is 11.0. The Hall–Kier alpha value is -1.17. The summed E-state index contributed by atoms with van der Waals surface area (Å²) in [6, 6.07) is 7.34. The molecule has 2 aliphatic rings. The summed E-state index contributed by atoms with van der Waals surface area (Å²) >= 11 is 0. The number of para-hydroxylation sites is 1. The van der Waals surface area contributed by atoms with Crippen LogP contribution in [0, 0.1) is 22.0 Å². The van der Waals surface area contributed by atoms with Crippen molar-refractivity contribution >= 4 is 18.1 Å². The first kappa shape index (κ1) is 15.2. The molecule has 3 rings (SSSR count). The molecule has 0 aromatic heterocycles. The van der Waals surface area contributed by atoms with Gasteiger partial charge in [-0.2, -0.15) is 0 Å². The van der Waals surface area contributed by atoms with Crippen molar-refractivity contribution in [1.29, 1.82) is 0 Å². The molecule has 110 valence electrons. The third-order valence-corrected chi connectivity index (χ3v) is 4.57. The van der Waals surface area contributed by atoms with Crippen molar-refractivity contribution in [3.63, 3.8) is 0 Å². The molecule has 3 unspecified atom stereocenters. The van der Waals surface area contributed by atoms with Gasteiger partial charge in [0.1, 0.15) is 0 Å². The van der Waals surface area contributed by atoms with Gasteiger partial charge in [0.2, 0.25) is 0 Å². The van der Waals surface area contributed by atoms with Gasteiger partial charge < -0.3 is 5.73 Å². The Morgan fingerprint density at radius 2 is 2.05 bits per heavy atom. The molecule has 6 heteroatoms. The molecule has 1 saturated heterocycles. The highest BCUT2D eigenvalue weighted by atomic mass is 35.5. The maximum absolute atomic E-state index is 11.0. The fraction of sp³-hybridized carbons (Fsp3) is 0.571. The molecule has 2 N–H and O–H groups in total. The van der Waals surface area contributed by atoms with E-state index in [4.69, 9.17) is 5.73 Å². The minimum Gasteiger partial charge on any atom is -0.327 e. The Morgan fingerprint density at radius 3 is 2.75 bits per heavy atom. The van der Waals surface area contributed by atoms with Crippen LogP contribution in [0.1, 0.15) is 18.4 Å². The van der Waals surface area contributed by atoms with E-state index in [9.17, 15) is 10.1 Å². The molecule has 2 fully saturated rings. The number of likely N-dealkylation sites (tertiary alicyclic amines) is 1. The molecule has 1 aliphatic carbocycles. The van der Waals surface area contributed by atoms with Crippen molar-refractivity contribution in [3.8, 4) is 0 Å². The molecule has 3 atom stereocenters. The lowest BCUT2D eigenvalue weighted by Gasteiger charge is -2.18. The second-order valence-corrected chi connectivity index (χ2v) is 5.75. The topological polar surface area (TPSA) is 72.4 Å². The number of benzene rings is 1. The van der Waals surface area contributed by atoms with Crippen LogP contribution in [0.15, 0.2) is 24.3 Å². The number of nitro benzene ring substituents is 1. The number of nitrogens with two attached hydrogens (primary N) is 1. The number of fused-ring (bicyclic) bond motifs is 1. The van der Waals surface area contributed by atoms with E-state index in [1.165, 1.54) is 6.42 Å². The average Bonchev–Trinajstić information content (AvgIpc) is 2.92. The lowest BCUT2D eigenvalue weighted by atomic mass is 9.98. The fourth-order valence-corrected chi connectivity index (χ4v) is 3.59. The third-order valence-electron chi connectivity index (χ3n) is 4.57. The van der Waals surface area contributed by atoms with E-state index in [2.05, 4.69) is 4.90 Å². The van der Waals surface area contributed by atoms with Gasteiger partial charge in [-0.15, -0.1) is 12.4 Å². The van der Waals surface area contributed by atoms with E-state index < -0.39 is 0 Å². The van der Waals surface area contributed by atoms with Crippen molar-refractivity contribution in [2.24, 2.45) is 17.6 Å². The fourth-order valence-electron chi connectivity index (χ4n) is 3.59. The van der Waals surface area contributed by atoms with Gasteiger partial charge in [0.25, 0.3) is 5.69 Å². The number of hydrogen-bond acceptors (Lipinski definition) is 4. The Balaban J connectivity index is 0.00000147. The molecular weight excluding hydrogens is 278 g/mol. The summed E-state index contributed by atoms with van der Waals surface area (Å²) in [5.41, 5.74) is 7.15. The molecule has 1 heterocycles. The maximum Gasteiger partial charge on any atom is 0.273 e. The summed E-state index contributed by atoms with van der Waals surface area (Å²) in [4.78, 5) is 13.0. The number of rotatable bonds is 3. The van der Waals surface area contributed by atoms with Crippen molar-refractivity contribution in [3.05, 3.63) is 39.9 Å². The van der Waals surface area contributed by atoms with Crippen molar-refractivity contribution in [1.82, 2.24) is 4.90 Å². The highest BCUT2D eigenvalue weighted by Gasteiger charge is 2.41. The van der Waals surface area contributed by atoms with E-state index in [0.29, 0.717) is 24.4 Å². The first-order valence-corrected chi connectivity index (χ1v) is 6.85. The first-order chi connectivity index (χ1) is 9.15. The van der Waals surface area contributed by atoms with E-state index >= 15 is 0 Å². The van der Waals surface area contributed by atoms with E-state index in [0.717, 1.165) is 25.1 Å². The van der Waals surface area contributed by atoms with Crippen molar-refractivity contribution in [2.75, 3.05) is 13.1 Å². The zero-order valence-corrected chi connectivity index (χ0v) is 12.1. The SMILES string of the molecule is Cl.NC1CCC2CN(Cc3ccccc3[N+](=O)[O-])CC12. The Bertz CT molecular complexity index is 497. The Labute approximate surface area is 124 Å². The third kappa shape index (κ3) is 2.80. The predicted octanol–water partition coefficient (Wildman–Crippen LogP) is 2.19. The molecule has 1 aromatic carbocycles. The molecule has 0 bridgehead atoms. The van der Waals surface area contributed by atoms with Crippen LogP contribution in [0.3, 0.4) is 0 Å². The molecule has 0 radical (unpaired) electrons. The Kier molecular flexibility index (Phi) is 4.62. The predicted molar refractivity (Wildman–Crippen MR) is 79.8 cm³/mol. The summed E-state index contributed by atoms with van der Waals surface area (Å²) < 4.78 is 0. The molecule has 0 spiro atoms. The minimum absolute atomic E-state index is 0. The minimum atomic E-state index is -0.294. The number of nitrogens with zero attached hydrogens (tertiary/aromatic N) is 2. The monoisotopic (exact) mass is 297 g/mol. The van der Waals surface area contributed by atoms with Crippen LogP contribution in [0.25, 0.3) is 0 Å². The molecule has 5 nitrogen and oxygen atoms in total. The quantitative estimate of drug-likeness (QED) is 0.685. The highest BCUT2D eigenvalue weighted by molar-refractivity contribution is 5.85. The van der Waals surface area contributed by atoms with Crippen LogP contribution >= 0.6 is 12.4 Å². The lowest BCUT2D eigenvalue weighted by Crippen LogP contribution is -2.30. The summed E-state index contributed by atoms with van der Waals surface area (Å²) in [5.74, 6) is 1.28. The van der Waals surface area contributed by atoms with Crippen LogP contribution < -0.4 is 5.73 Å². The van der Waals surface area contributed by atoms with E-state index in [-0.39, 0.29) is 23.0 Å². The van der Waals surface area contributed by atoms with Gasteiger partial charge in [-0.3, -0.25) is 15.0 Å². The second-order valence-electron chi connectivity index (χ2n) is 5.75.